The topological polar surface area (TPSA) is 0 Å². The summed E-state index contributed by atoms with van der Waals surface area (Å²) in [7, 11) is 0. The van der Waals surface area contributed by atoms with Gasteiger partial charge in [0.15, 0.2) is 0 Å². The van der Waals surface area contributed by atoms with Gasteiger partial charge in [0.1, 0.15) is 0 Å². The number of rotatable bonds is 0. The van der Waals surface area contributed by atoms with Gasteiger partial charge in [-0.1, -0.05) is 0 Å². The third-order valence-electron chi connectivity index (χ3n) is 0. The maximum atomic E-state index is 2.39. The number of hydrogen-bond acceptors (Lipinski definition) is 0. The van der Waals surface area contributed by atoms with Gasteiger partial charge >= 0.3 is 50.5 Å². The second kappa shape index (κ2) is 9.29. The summed E-state index contributed by atoms with van der Waals surface area (Å²) in [5.74, 6) is 0. The molecule has 32 valence electrons. The Hall–Kier alpha value is 2.85. The van der Waals surface area contributed by atoms with Crippen LogP contribution in [0, 0.1) is 0 Å². The van der Waals surface area contributed by atoms with Crippen molar-refractivity contribution in [1.29, 1.82) is 0 Å². The van der Waals surface area contributed by atoms with Crippen LogP contribution in [0.5, 0.6) is 0 Å². The van der Waals surface area contributed by atoms with E-state index in [0.717, 1.165) is 0 Å². The standard InChI is InChI=1S/I3.Pd/c1-3-2;/q-1;. The first kappa shape index (κ1) is 9.97. The average Bonchev–Trinajstić information content (AvgIpc) is 0.918. The van der Waals surface area contributed by atoms with Crippen LogP contribution in [-0.4, -0.2) is 0 Å². The maximum Gasteiger partial charge on any atom is 0 e. The summed E-state index contributed by atoms with van der Waals surface area (Å²) in [6.45, 7) is 0. The zero-order chi connectivity index (χ0) is 2.71. The Morgan fingerprint density at radius 3 is 1.25 bits per heavy atom. The van der Waals surface area contributed by atoms with Crippen LogP contribution in [0.2, 0.25) is 0 Å². The van der Waals surface area contributed by atoms with Gasteiger partial charge in [0.25, 0.3) is 0 Å². The van der Waals surface area contributed by atoms with E-state index in [0.29, 0.717) is 13.3 Å². The van der Waals surface area contributed by atoms with Crippen molar-refractivity contribution in [3.63, 3.8) is 0 Å². The molecule has 0 atom stereocenters. The van der Waals surface area contributed by atoms with Crippen LogP contribution in [0.1, 0.15) is 0 Å². The summed E-state index contributed by atoms with van der Waals surface area (Å²) < 4.78 is 0. The summed E-state index contributed by atoms with van der Waals surface area (Å²) in [5.41, 5.74) is 0. The predicted octanol–water partition coefficient (Wildman–Crippen LogP) is -1.23. The molecule has 0 amide bonds. The molecular formula is I3Pd-. The molecule has 0 N–H and O–H groups in total. The van der Waals surface area contributed by atoms with Crippen molar-refractivity contribution in [2.75, 3.05) is 0 Å². The summed E-state index contributed by atoms with van der Waals surface area (Å²) in [6, 6.07) is 0. The smallest absolute Gasteiger partial charge is 0 e. The minimum atomic E-state index is 0. The normalized spacial score (nSPS) is 5.50. The molecule has 0 saturated carbocycles. The molecule has 0 heterocycles. The molecule has 0 spiro atoms. The van der Waals surface area contributed by atoms with E-state index in [-0.39, 0.29) is 20.4 Å². The van der Waals surface area contributed by atoms with E-state index in [9.17, 15) is 0 Å². The first-order valence-corrected chi connectivity index (χ1v) is 12.9. The van der Waals surface area contributed by atoms with Gasteiger partial charge in [-0.3, -0.25) is 0 Å². The molecule has 0 rings (SSSR count). The molecule has 0 aliphatic rings. The monoisotopic (exact) mass is 487 g/mol. The van der Waals surface area contributed by atoms with Gasteiger partial charge in [0.05, 0.1) is 0 Å². The van der Waals surface area contributed by atoms with Crippen molar-refractivity contribution in [1.82, 2.24) is 0 Å². The van der Waals surface area contributed by atoms with E-state index in [1.165, 1.54) is 0 Å². The molecule has 4 heavy (non-hydrogen) atoms. The number of halogens is 3. The fourth-order valence-electron chi connectivity index (χ4n) is 0. The SMILES string of the molecule is I[I-]I.[Pd]. The van der Waals surface area contributed by atoms with Crippen molar-refractivity contribution in [3.05, 3.63) is 0 Å². The molecule has 0 saturated heterocycles. The molecule has 0 fully saturated rings. The zero-order valence-corrected chi connectivity index (χ0v) is 9.48. The first-order chi connectivity index (χ1) is 1.41. The van der Waals surface area contributed by atoms with Gasteiger partial charge in [-0.2, -0.15) is 0 Å². The van der Waals surface area contributed by atoms with Crippen molar-refractivity contribution in [3.8, 4) is 0 Å². The second-order valence-electron chi connectivity index (χ2n) is 0.0540. The zero-order valence-electron chi connectivity index (χ0n) is 1.45. The molecule has 0 nitrogen and oxygen atoms in total. The van der Waals surface area contributed by atoms with E-state index in [1.54, 1.807) is 0 Å². The molecule has 0 unspecified atom stereocenters. The minimum Gasteiger partial charge on any atom is 0 e. The average molecular weight is 487 g/mol. The molecular weight excluding hydrogens is 487 g/mol. The molecule has 4 heteroatoms. The summed E-state index contributed by atoms with van der Waals surface area (Å²) in [6.07, 6.45) is 0. The third-order valence-corrected chi connectivity index (χ3v) is 0. The van der Waals surface area contributed by atoms with E-state index in [1.807, 2.05) is 0 Å². The van der Waals surface area contributed by atoms with Crippen LogP contribution in [0.25, 0.3) is 0 Å². The molecule has 0 aromatic rings. The Kier molecular flexibility index (Phi) is 23.1. The molecule has 0 aliphatic heterocycles. The predicted molar refractivity (Wildman–Crippen MR) is 28.0 cm³/mol. The van der Waals surface area contributed by atoms with E-state index in [4.69, 9.17) is 0 Å². The van der Waals surface area contributed by atoms with Crippen molar-refractivity contribution in [2.45, 2.75) is 0 Å². The van der Waals surface area contributed by atoms with E-state index in [2.05, 4.69) is 37.2 Å². The van der Waals surface area contributed by atoms with Gasteiger partial charge in [0, 0.05) is 20.4 Å². The van der Waals surface area contributed by atoms with Crippen molar-refractivity contribution < 1.29 is 33.7 Å². The largest absolute Gasteiger partial charge is 0 e. The maximum absolute atomic E-state index is 2.39. The molecule has 0 radical (unpaired) electrons. The Bertz CT molecular complexity index is 3.25. The van der Waals surface area contributed by atoms with Crippen LogP contribution in [0.3, 0.4) is 0 Å². The summed E-state index contributed by atoms with van der Waals surface area (Å²) >= 11 is 5.30. The Morgan fingerprint density at radius 1 is 1.25 bits per heavy atom. The van der Waals surface area contributed by atoms with Gasteiger partial charge in [-0.25, -0.2) is 0 Å². The van der Waals surface area contributed by atoms with Gasteiger partial charge < -0.3 is 0 Å². The second-order valence-corrected chi connectivity index (χ2v) is 16.3. The Morgan fingerprint density at radius 2 is 1.25 bits per heavy atom. The molecule has 0 bridgehead atoms. The van der Waals surface area contributed by atoms with E-state index >= 15 is 0 Å². The Labute approximate surface area is 69.1 Å². The molecule has 0 aromatic heterocycles. The minimum absolute atomic E-state index is 0. The first-order valence-electron chi connectivity index (χ1n) is 0.286. The van der Waals surface area contributed by atoms with Gasteiger partial charge in [-0.15, -0.1) is 0 Å². The summed E-state index contributed by atoms with van der Waals surface area (Å²) in [5, 5.41) is 0. The van der Waals surface area contributed by atoms with Crippen molar-refractivity contribution in [2.24, 2.45) is 0 Å². The van der Waals surface area contributed by atoms with Crippen LogP contribution in [0.4, 0.5) is 0 Å². The van der Waals surface area contributed by atoms with Crippen LogP contribution >= 0.6 is 37.2 Å². The number of hydrogen-bond donors (Lipinski definition) is 0. The van der Waals surface area contributed by atoms with Crippen LogP contribution in [0.15, 0.2) is 0 Å². The molecule has 0 aliphatic carbocycles. The van der Waals surface area contributed by atoms with Crippen LogP contribution in [-0.2, 0) is 20.4 Å². The summed E-state index contributed by atoms with van der Waals surface area (Å²) in [4.78, 5) is 0. The fourth-order valence-corrected chi connectivity index (χ4v) is 0. The van der Waals surface area contributed by atoms with Gasteiger partial charge in [-0.05, 0) is 0 Å². The van der Waals surface area contributed by atoms with Crippen molar-refractivity contribution >= 4 is 37.2 Å². The van der Waals surface area contributed by atoms with Gasteiger partial charge in [0.2, 0.25) is 0 Å². The van der Waals surface area contributed by atoms with E-state index < -0.39 is 0 Å². The Balaban J connectivity index is 0. The fraction of sp³-hybridized carbons (Fsp3) is 0. The quantitative estimate of drug-likeness (QED) is 0.297. The van der Waals surface area contributed by atoms with Crippen LogP contribution < -0.4 is 13.3 Å². The third kappa shape index (κ3) is 8.85. The molecule has 0 aromatic carbocycles.